The Balaban J connectivity index is 1.84. The van der Waals surface area contributed by atoms with Gasteiger partial charge >= 0.3 is 6.18 Å². The molecule has 1 heterocycles. The van der Waals surface area contributed by atoms with Gasteiger partial charge in [-0.15, -0.1) is 5.10 Å². The van der Waals surface area contributed by atoms with Crippen LogP contribution in [-0.4, -0.2) is 15.4 Å². The molecule has 0 aliphatic carbocycles. The first-order valence-electron chi connectivity index (χ1n) is 7.38. The van der Waals surface area contributed by atoms with Crippen LogP contribution in [0.25, 0.3) is 11.3 Å². The van der Waals surface area contributed by atoms with E-state index in [4.69, 9.17) is 21.6 Å². The van der Waals surface area contributed by atoms with Crippen LogP contribution in [-0.2, 0) is 12.8 Å². The molecule has 0 atom stereocenters. The van der Waals surface area contributed by atoms with Crippen molar-refractivity contribution in [1.82, 2.24) is 15.4 Å². The van der Waals surface area contributed by atoms with Crippen LogP contribution in [0.15, 0.2) is 36.4 Å². The molecule has 10 heteroatoms. The zero-order valence-corrected chi connectivity index (χ0v) is 14.1. The van der Waals surface area contributed by atoms with Crippen LogP contribution < -0.4 is 4.74 Å². The Labute approximate surface area is 155 Å². The van der Waals surface area contributed by atoms with Gasteiger partial charge in [-0.2, -0.15) is 18.4 Å². The molecule has 0 unspecified atom stereocenters. The third-order valence-corrected chi connectivity index (χ3v) is 3.88. The molecule has 0 radical (unpaired) electrons. The van der Waals surface area contributed by atoms with Crippen molar-refractivity contribution in [2.45, 2.75) is 12.8 Å². The molecule has 0 aliphatic rings. The van der Waals surface area contributed by atoms with Gasteiger partial charge in [0.1, 0.15) is 29.9 Å². The number of H-pyrrole nitrogens is 1. The first kappa shape index (κ1) is 18.7. The van der Waals surface area contributed by atoms with Crippen molar-refractivity contribution in [3.8, 4) is 23.1 Å². The minimum atomic E-state index is -4.60. The highest BCUT2D eigenvalue weighted by molar-refractivity contribution is 6.31. The van der Waals surface area contributed by atoms with Crippen LogP contribution in [0.3, 0.4) is 0 Å². The van der Waals surface area contributed by atoms with Crippen molar-refractivity contribution < 1.29 is 22.3 Å². The summed E-state index contributed by atoms with van der Waals surface area (Å²) in [5, 5.41) is 18.1. The number of nitrogens with one attached hydrogen (secondary N) is 1. The summed E-state index contributed by atoms with van der Waals surface area (Å²) >= 11 is 5.57. The van der Waals surface area contributed by atoms with Crippen molar-refractivity contribution in [2.24, 2.45) is 0 Å². The summed E-state index contributed by atoms with van der Waals surface area (Å²) in [5.41, 5.74) is -0.364. The lowest BCUT2D eigenvalue weighted by molar-refractivity contribution is -0.137. The lowest BCUT2D eigenvalue weighted by atomic mass is 10.1. The molecule has 0 saturated carbocycles. The van der Waals surface area contributed by atoms with Crippen LogP contribution in [0, 0.1) is 17.1 Å². The molecule has 1 aromatic heterocycles. The number of aromatic nitrogens is 3. The lowest BCUT2D eigenvalue weighted by Gasteiger charge is -2.12. The minimum Gasteiger partial charge on any atom is -0.489 e. The second-order valence-corrected chi connectivity index (χ2v) is 5.83. The van der Waals surface area contributed by atoms with E-state index < -0.39 is 22.6 Å². The molecule has 138 valence electrons. The highest BCUT2D eigenvalue weighted by atomic mass is 35.5. The van der Waals surface area contributed by atoms with Gasteiger partial charge in [0.25, 0.3) is 0 Å². The summed E-state index contributed by atoms with van der Waals surface area (Å²) in [4.78, 5) is 0. The first-order chi connectivity index (χ1) is 12.8. The van der Waals surface area contributed by atoms with Crippen molar-refractivity contribution in [1.29, 1.82) is 5.26 Å². The number of alkyl halides is 3. The molecule has 27 heavy (non-hydrogen) atoms. The van der Waals surface area contributed by atoms with Gasteiger partial charge in [-0.3, -0.25) is 0 Å². The van der Waals surface area contributed by atoms with Gasteiger partial charge in [0.2, 0.25) is 0 Å². The third kappa shape index (κ3) is 4.17. The van der Waals surface area contributed by atoms with Crippen molar-refractivity contribution in [2.75, 3.05) is 0 Å². The van der Waals surface area contributed by atoms with Crippen LogP contribution >= 0.6 is 11.6 Å². The van der Waals surface area contributed by atoms with E-state index >= 15 is 0 Å². The summed E-state index contributed by atoms with van der Waals surface area (Å²) in [6.07, 6.45) is -4.60. The largest absolute Gasteiger partial charge is 0.489 e. The number of nitriles is 1. The number of halogens is 5. The highest BCUT2D eigenvalue weighted by Gasteiger charge is 2.33. The van der Waals surface area contributed by atoms with E-state index in [9.17, 15) is 17.6 Å². The Morgan fingerprint density at radius 3 is 2.67 bits per heavy atom. The van der Waals surface area contributed by atoms with E-state index in [0.29, 0.717) is 0 Å². The van der Waals surface area contributed by atoms with Crippen molar-refractivity contribution in [3.05, 3.63) is 64.1 Å². The van der Waals surface area contributed by atoms with E-state index in [1.165, 1.54) is 12.1 Å². The Morgan fingerprint density at radius 2 is 1.96 bits per heavy atom. The number of rotatable bonds is 4. The van der Waals surface area contributed by atoms with Gasteiger partial charge in [0.05, 0.1) is 10.6 Å². The maximum absolute atomic E-state index is 13.9. The SMILES string of the molecule is N#Cc1[nH]nnc1-c1cc(F)cc(OCc2ccc(Cl)c(C(F)(F)F)c2)c1. The standard InChI is InChI=1S/C17H9ClF4N4O/c18-14-2-1-9(3-13(14)17(20,21)22)8-27-12-5-10(4-11(19)6-12)16-15(7-23)24-26-25-16/h1-6H,8H2,(H,24,25,26). The van der Waals surface area contributed by atoms with Crippen LogP contribution in [0.2, 0.25) is 5.02 Å². The fraction of sp³-hybridized carbons (Fsp3) is 0.118. The molecule has 0 bridgehead atoms. The molecule has 3 rings (SSSR count). The third-order valence-electron chi connectivity index (χ3n) is 3.55. The summed E-state index contributed by atoms with van der Waals surface area (Å²) in [6, 6.07) is 8.81. The molecule has 1 N–H and O–H groups in total. The predicted octanol–water partition coefficient (Wildman–Crippen LogP) is 4.73. The Morgan fingerprint density at radius 1 is 1.19 bits per heavy atom. The van der Waals surface area contributed by atoms with Gasteiger partial charge in [-0.1, -0.05) is 22.9 Å². The summed E-state index contributed by atoms with van der Waals surface area (Å²) in [7, 11) is 0. The van der Waals surface area contributed by atoms with Crippen LogP contribution in [0.1, 0.15) is 16.8 Å². The van der Waals surface area contributed by atoms with Gasteiger partial charge in [0.15, 0.2) is 5.69 Å². The fourth-order valence-electron chi connectivity index (χ4n) is 2.34. The topological polar surface area (TPSA) is 74.6 Å². The average Bonchev–Trinajstić information content (AvgIpc) is 3.08. The predicted molar refractivity (Wildman–Crippen MR) is 87.3 cm³/mol. The van der Waals surface area contributed by atoms with Gasteiger partial charge in [-0.25, -0.2) is 9.49 Å². The first-order valence-corrected chi connectivity index (χ1v) is 7.76. The number of benzene rings is 2. The quantitative estimate of drug-likeness (QED) is 0.647. The molecule has 3 aromatic rings. The van der Waals surface area contributed by atoms with E-state index in [2.05, 4.69) is 15.4 Å². The molecule has 0 aliphatic heterocycles. The zero-order chi connectivity index (χ0) is 19.6. The molecule has 0 fully saturated rings. The number of aromatic amines is 1. The normalized spacial score (nSPS) is 11.3. The maximum atomic E-state index is 13.9. The van der Waals surface area contributed by atoms with Gasteiger partial charge < -0.3 is 4.74 Å². The van der Waals surface area contributed by atoms with E-state index in [1.807, 2.05) is 6.07 Å². The number of nitrogens with zero attached hydrogens (tertiary/aromatic N) is 3. The zero-order valence-electron chi connectivity index (χ0n) is 13.3. The summed E-state index contributed by atoms with van der Waals surface area (Å²) < 4.78 is 58.0. The number of hydrogen-bond donors (Lipinski definition) is 1. The van der Waals surface area contributed by atoms with E-state index in [1.54, 1.807) is 0 Å². The molecule has 2 aromatic carbocycles. The maximum Gasteiger partial charge on any atom is 0.417 e. The lowest BCUT2D eigenvalue weighted by Crippen LogP contribution is -2.07. The highest BCUT2D eigenvalue weighted by Crippen LogP contribution is 2.35. The average molecular weight is 397 g/mol. The summed E-state index contributed by atoms with van der Waals surface area (Å²) in [5.74, 6) is -0.609. The summed E-state index contributed by atoms with van der Waals surface area (Å²) in [6.45, 7) is -0.243. The molecule has 0 spiro atoms. The second-order valence-electron chi connectivity index (χ2n) is 5.42. The van der Waals surface area contributed by atoms with E-state index in [-0.39, 0.29) is 34.9 Å². The Kier molecular flexibility index (Phi) is 5.01. The number of ether oxygens (including phenoxy) is 1. The molecule has 0 amide bonds. The van der Waals surface area contributed by atoms with Crippen molar-refractivity contribution >= 4 is 11.6 Å². The fourth-order valence-corrected chi connectivity index (χ4v) is 2.56. The molecule has 0 saturated heterocycles. The van der Waals surface area contributed by atoms with Gasteiger partial charge in [-0.05, 0) is 29.8 Å². The van der Waals surface area contributed by atoms with E-state index in [0.717, 1.165) is 24.3 Å². The van der Waals surface area contributed by atoms with Crippen LogP contribution in [0.4, 0.5) is 17.6 Å². The Bertz CT molecular complexity index is 1030. The second kappa shape index (κ2) is 7.25. The van der Waals surface area contributed by atoms with Crippen molar-refractivity contribution in [3.63, 3.8) is 0 Å². The van der Waals surface area contributed by atoms with Gasteiger partial charge in [0, 0.05) is 11.6 Å². The minimum absolute atomic E-state index is 0.0408. The molecular weight excluding hydrogens is 388 g/mol. The number of hydrogen-bond acceptors (Lipinski definition) is 4. The smallest absolute Gasteiger partial charge is 0.417 e. The molecule has 5 nitrogen and oxygen atoms in total. The monoisotopic (exact) mass is 396 g/mol. The molecular formula is C17H9ClF4N4O. The Hall–Kier alpha value is -3.12. The van der Waals surface area contributed by atoms with Crippen LogP contribution in [0.5, 0.6) is 5.75 Å².